The summed E-state index contributed by atoms with van der Waals surface area (Å²) < 4.78 is 20.7. The number of amides is 1. The highest BCUT2D eigenvalue weighted by Gasteiger charge is 2.52. The van der Waals surface area contributed by atoms with Crippen molar-refractivity contribution in [1.82, 2.24) is 5.32 Å². The summed E-state index contributed by atoms with van der Waals surface area (Å²) in [5, 5.41) is 11.9. The highest BCUT2D eigenvalue weighted by atomic mass is 32.2. The molecule has 0 radical (unpaired) electrons. The SMILES string of the molecule is CC(C)(C)OC(=O)NC(CSCc1ccc(-c2ccc(C34CC5CC(CC(C5)C3)C4)c(F)c2)cc1)C(=O)O. The molecule has 4 fully saturated rings. The van der Waals surface area contributed by atoms with Gasteiger partial charge in [0.25, 0.3) is 0 Å². The Hall–Kier alpha value is -2.54. The van der Waals surface area contributed by atoms with Crippen LogP contribution in [0.25, 0.3) is 11.1 Å². The van der Waals surface area contributed by atoms with Crippen LogP contribution in [0.3, 0.4) is 0 Å². The number of ether oxygens (including phenoxy) is 1. The molecule has 4 bridgehead atoms. The molecule has 4 aliphatic rings. The van der Waals surface area contributed by atoms with Crippen LogP contribution in [-0.4, -0.2) is 34.6 Å². The second-order valence-corrected chi connectivity index (χ2v) is 13.7. The lowest BCUT2D eigenvalue weighted by molar-refractivity contribution is -0.138. The van der Waals surface area contributed by atoms with E-state index in [9.17, 15) is 14.7 Å². The maximum absolute atomic E-state index is 15.5. The van der Waals surface area contributed by atoms with Gasteiger partial charge in [-0.2, -0.15) is 11.8 Å². The largest absolute Gasteiger partial charge is 0.480 e. The first-order valence-electron chi connectivity index (χ1n) is 13.7. The van der Waals surface area contributed by atoms with Gasteiger partial charge in [-0.1, -0.05) is 36.4 Å². The minimum absolute atomic E-state index is 0.0462. The van der Waals surface area contributed by atoms with Crippen molar-refractivity contribution in [2.45, 2.75) is 82.1 Å². The van der Waals surface area contributed by atoms with Crippen molar-refractivity contribution in [3.8, 4) is 11.1 Å². The lowest BCUT2D eigenvalue weighted by Gasteiger charge is -2.57. The van der Waals surface area contributed by atoms with Gasteiger partial charge in [0, 0.05) is 11.5 Å². The van der Waals surface area contributed by atoms with E-state index < -0.39 is 23.7 Å². The van der Waals surface area contributed by atoms with Crippen molar-refractivity contribution < 1.29 is 23.8 Å². The standard InChI is InChI=1S/C31H38FNO4S/c1-30(2,3)37-29(36)33-27(28(34)35)18-38-17-19-4-6-23(7-5-19)24-8-9-25(26(32)13-24)31-14-20-10-21(15-31)12-22(11-20)16-31/h4-9,13,20-22,27H,10-12,14-18H2,1-3H3,(H,33,36)(H,34,35). The Balaban J connectivity index is 1.18. The van der Waals surface area contributed by atoms with Gasteiger partial charge in [-0.05, 0) is 111 Å². The number of benzene rings is 2. The van der Waals surface area contributed by atoms with Gasteiger partial charge < -0.3 is 15.2 Å². The number of aliphatic carboxylic acids is 1. The van der Waals surface area contributed by atoms with Crippen molar-refractivity contribution >= 4 is 23.8 Å². The third-order valence-corrected chi connectivity index (χ3v) is 9.51. The Kier molecular flexibility index (Phi) is 7.51. The van der Waals surface area contributed by atoms with Gasteiger partial charge >= 0.3 is 12.1 Å². The van der Waals surface area contributed by atoms with E-state index in [2.05, 4.69) is 11.4 Å². The van der Waals surface area contributed by atoms with Crippen LogP contribution in [-0.2, 0) is 20.7 Å². The number of halogens is 1. The third-order valence-electron chi connectivity index (χ3n) is 8.41. The second kappa shape index (κ2) is 10.6. The van der Waals surface area contributed by atoms with Crippen molar-refractivity contribution in [3.05, 3.63) is 59.4 Å². The van der Waals surface area contributed by atoms with Crippen LogP contribution in [0.15, 0.2) is 42.5 Å². The molecule has 2 aromatic carbocycles. The number of hydrogen-bond donors (Lipinski definition) is 2. The minimum Gasteiger partial charge on any atom is -0.480 e. The Labute approximate surface area is 228 Å². The third kappa shape index (κ3) is 6.03. The smallest absolute Gasteiger partial charge is 0.408 e. The van der Waals surface area contributed by atoms with E-state index in [1.165, 1.54) is 31.0 Å². The van der Waals surface area contributed by atoms with Crippen LogP contribution in [0.5, 0.6) is 0 Å². The van der Waals surface area contributed by atoms with Crippen LogP contribution >= 0.6 is 11.8 Å². The van der Waals surface area contributed by atoms with E-state index >= 15 is 4.39 Å². The first kappa shape index (κ1) is 27.0. The Bertz CT molecular complexity index is 1150. The number of carbonyl (C=O) groups excluding carboxylic acids is 1. The average Bonchev–Trinajstić information content (AvgIpc) is 2.81. The molecule has 1 amide bonds. The summed E-state index contributed by atoms with van der Waals surface area (Å²) in [4.78, 5) is 23.5. The van der Waals surface area contributed by atoms with Crippen LogP contribution < -0.4 is 5.32 Å². The molecule has 0 aliphatic heterocycles. The zero-order valence-corrected chi connectivity index (χ0v) is 23.3. The van der Waals surface area contributed by atoms with E-state index in [1.54, 1.807) is 26.8 Å². The first-order valence-corrected chi connectivity index (χ1v) is 14.8. The molecule has 38 heavy (non-hydrogen) atoms. The Morgan fingerprint density at radius 3 is 2.13 bits per heavy atom. The summed E-state index contributed by atoms with van der Waals surface area (Å²) in [6.07, 6.45) is 6.76. The van der Waals surface area contributed by atoms with Crippen molar-refractivity contribution in [2.24, 2.45) is 17.8 Å². The lowest BCUT2D eigenvalue weighted by Crippen LogP contribution is -2.48. The fourth-order valence-corrected chi connectivity index (χ4v) is 8.29. The molecule has 2 N–H and O–H groups in total. The summed E-state index contributed by atoms with van der Waals surface area (Å²) in [6, 6.07) is 12.7. The molecule has 0 spiro atoms. The van der Waals surface area contributed by atoms with Crippen molar-refractivity contribution in [3.63, 3.8) is 0 Å². The highest BCUT2D eigenvalue weighted by Crippen LogP contribution is 2.61. The molecule has 2 aromatic rings. The molecule has 0 heterocycles. The zero-order valence-electron chi connectivity index (χ0n) is 22.5. The van der Waals surface area contributed by atoms with E-state index in [0.29, 0.717) is 5.75 Å². The van der Waals surface area contributed by atoms with E-state index in [0.717, 1.165) is 59.3 Å². The van der Waals surface area contributed by atoms with Gasteiger partial charge in [0.05, 0.1) is 0 Å². The molecule has 6 rings (SSSR count). The van der Waals surface area contributed by atoms with E-state index in [-0.39, 0.29) is 17.0 Å². The fraction of sp³-hybridized carbons (Fsp3) is 0.548. The van der Waals surface area contributed by atoms with E-state index in [4.69, 9.17) is 4.74 Å². The minimum atomic E-state index is -1.10. The van der Waals surface area contributed by atoms with Crippen molar-refractivity contribution in [2.75, 3.05) is 5.75 Å². The molecule has 1 unspecified atom stereocenters. The van der Waals surface area contributed by atoms with Gasteiger partial charge in [-0.3, -0.25) is 0 Å². The predicted octanol–water partition coefficient (Wildman–Crippen LogP) is 7.17. The van der Waals surface area contributed by atoms with Crippen LogP contribution in [0, 0.1) is 23.6 Å². The van der Waals surface area contributed by atoms with Gasteiger partial charge in [-0.15, -0.1) is 0 Å². The number of alkyl carbamates (subject to hydrolysis) is 1. The molecular weight excluding hydrogens is 501 g/mol. The van der Waals surface area contributed by atoms with Gasteiger partial charge in [-0.25, -0.2) is 14.0 Å². The summed E-state index contributed by atoms with van der Waals surface area (Å²) in [5.41, 5.74) is 3.16. The Morgan fingerprint density at radius 2 is 1.61 bits per heavy atom. The summed E-state index contributed by atoms with van der Waals surface area (Å²) in [6.45, 7) is 5.19. The maximum Gasteiger partial charge on any atom is 0.408 e. The van der Waals surface area contributed by atoms with Crippen LogP contribution in [0.4, 0.5) is 9.18 Å². The highest BCUT2D eigenvalue weighted by molar-refractivity contribution is 7.98. The Morgan fingerprint density at radius 1 is 1.03 bits per heavy atom. The number of carbonyl (C=O) groups is 2. The number of thioether (sulfide) groups is 1. The number of carboxylic acid groups (broad SMARTS) is 1. The number of carboxylic acids is 1. The monoisotopic (exact) mass is 539 g/mol. The zero-order chi connectivity index (χ0) is 27.1. The normalized spacial score (nSPS) is 26.7. The number of hydrogen-bond acceptors (Lipinski definition) is 4. The maximum atomic E-state index is 15.5. The second-order valence-electron chi connectivity index (χ2n) is 12.6. The molecule has 7 heteroatoms. The molecule has 4 aliphatic carbocycles. The summed E-state index contributed by atoms with van der Waals surface area (Å²) in [5.74, 6) is 1.99. The molecule has 0 saturated heterocycles. The average molecular weight is 540 g/mol. The molecule has 1 atom stereocenters. The molecule has 0 aromatic heterocycles. The van der Waals surface area contributed by atoms with E-state index in [1.807, 2.05) is 30.3 Å². The number of nitrogens with one attached hydrogen (secondary N) is 1. The molecular formula is C31H38FNO4S. The van der Waals surface area contributed by atoms with Gasteiger partial charge in [0.1, 0.15) is 17.5 Å². The topological polar surface area (TPSA) is 75.6 Å². The quantitative estimate of drug-likeness (QED) is 0.372. The predicted molar refractivity (Wildman–Crippen MR) is 149 cm³/mol. The van der Waals surface area contributed by atoms with Gasteiger partial charge in [0.15, 0.2) is 0 Å². The van der Waals surface area contributed by atoms with Crippen LogP contribution in [0.1, 0.15) is 70.4 Å². The van der Waals surface area contributed by atoms with Crippen LogP contribution in [0.2, 0.25) is 0 Å². The molecule has 204 valence electrons. The summed E-state index contributed by atoms with van der Waals surface area (Å²) >= 11 is 1.42. The van der Waals surface area contributed by atoms with Gasteiger partial charge in [0.2, 0.25) is 0 Å². The molecule has 5 nitrogen and oxygen atoms in total. The molecule has 4 saturated carbocycles. The van der Waals surface area contributed by atoms with Crippen molar-refractivity contribution in [1.29, 1.82) is 0 Å². The first-order chi connectivity index (χ1) is 18.0. The number of rotatable bonds is 8. The lowest BCUT2D eigenvalue weighted by atomic mass is 9.48. The summed E-state index contributed by atoms with van der Waals surface area (Å²) in [7, 11) is 0. The fourth-order valence-electron chi connectivity index (χ4n) is 7.28.